The fourth-order valence-corrected chi connectivity index (χ4v) is 4.00. The van der Waals surface area contributed by atoms with Crippen molar-refractivity contribution in [2.24, 2.45) is 0 Å². The standard InChI is InChI=1S/C17H17Cl2NO3S/c1-3-11-20(17-12-13(18)5-10-16(17)19)24(21,22)15-8-6-14(7-9-15)23-4-2/h3,5-10,12H,1,4,11H2,2H3. The second-order valence-corrected chi connectivity index (χ2v) is 7.53. The van der Waals surface area contributed by atoms with Gasteiger partial charge in [-0.1, -0.05) is 29.3 Å². The number of hydrogen-bond acceptors (Lipinski definition) is 3. The van der Waals surface area contributed by atoms with Crippen LogP contribution < -0.4 is 9.04 Å². The molecule has 0 aliphatic rings. The predicted octanol–water partition coefficient (Wildman–Crippen LogP) is 4.77. The topological polar surface area (TPSA) is 46.6 Å². The zero-order chi connectivity index (χ0) is 17.7. The fourth-order valence-electron chi connectivity index (χ4n) is 2.12. The number of halogens is 2. The van der Waals surface area contributed by atoms with E-state index in [1.807, 2.05) is 6.92 Å². The van der Waals surface area contributed by atoms with Crippen LogP contribution in [0.25, 0.3) is 0 Å². The van der Waals surface area contributed by atoms with Crippen LogP contribution in [0.3, 0.4) is 0 Å². The Morgan fingerprint density at radius 3 is 2.42 bits per heavy atom. The summed E-state index contributed by atoms with van der Waals surface area (Å²) in [5.41, 5.74) is 0.304. The van der Waals surface area contributed by atoms with E-state index in [2.05, 4.69) is 6.58 Å². The van der Waals surface area contributed by atoms with E-state index >= 15 is 0 Å². The highest BCUT2D eigenvalue weighted by Gasteiger charge is 2.26. The highest BCUT2D eigenvalue weighted by molar-refractivity contribution is 7.92. The summed E-state index contributed by atoms with van der Waals surface area (Å²) in [6.45, 7) is 6.05. The van der Waals surface area contributed by atoms with Crippen LogP contribution in [0.5, 0.6) is 5.75 Å². The first-order valence-electron chi connectivity index (χ1n) is 7.21. The van der Waals surface area contributed by atoms with Crippen molar-refractivity contribution in [2.45, 2.75) is 11.8 Å². The minimum atomic E-state index is -3.82. The highest BCUT2D eigenvalue weighted by Crippen LogP contribution is 2.33. The quantitative estimate of drug-likeness (QED) is 0.644. The molecule has 2 rings (SSSR count). The first-order chi connectivity index (χ1) is 11.4. The third-order valence-electron chi connectivity index (χ3n) is 3.19. The summed E-state index contributed by atoms with van der Waals surface area (Å²) in [5.74, 6) is 0.604. The number of anilines is 1. The molecule has 0 saturated heterocycles. The van der Waals surface area contributed by atoms with Gasteiger partial charge in [-0.15, -0.1) is 6.58 Å². The van der Waals surface area contributed by atoms with Crippen LogP contribution in [0.1, 0.15) is 6.92 Å². The van der Waals surface area contributed by atoms with Crippen molar-refractivity contribution in [1.82, 2.24) is 0 Å². The smallest absolute Gasteiger partial charge is 0.264 e. The molecule has 0 amide bonds. The number of benzene rings is 2. The van der Waals surface area contributed by atoms with Crippen LogP contribution >= 0.6 is 23.2 Å². The lowest BCUT2D eigenvalue weighted by molar-refractivity contribution is 0.340. The van der Waals surface area contributed by atoms with Gasteiger partial charge in [-0.3, -0.25) is 4.31 Å². The lowest BCUT2D eigenvalue weighted by Gasteiger charge is -2.24. The third-order valence-corrected chi connectivity index (χ3v) is 5.54. The van der Waals surface area contributed by atoms with Crippen molar-refractivity contribution in [3.63, 3.8) is 0 Å². The van der Waals surface area contributed by atoms with E-state index < -0.39 is 10.0 Å². The normalized spacial score (nSPS) is 11.1. The van der Waals surface area contributed by atoms with Crippen molar-refractivity contribution < 1.29 is 13.2 Å². The minimum Gasteiger partial charge on any atom is -0.494 e. The van der Waals surface area contributed by atoms with Crippen molar-refractivity contribution in [1.29, 1.82) is 0 Å². The lowest BCUT2D eigenvalue weighted by atomic mass is 10.3. The maximum Gasteiger partial charge on any atom is 0.264 e. The number of ether oxygens (including phenoxy) is 1. The van der Waals surface area contributed by atoms with Gasteiger partial charge in [0.2, 0.25) is 0 Å². The Balaban J connectivity index is 2.48. The van der Waals surface area contributed by atoms with Gasteiger partial charge in [0.15, 0.2) is 0 Å². The van der Waals surface area contributed by atoms with Crippen LogP contribution in [0.15, 0.2) is 60.0 Å². The van der Waals surface area contributed by atoms with E-state index in [1.54, 1.807) is 24.3 Å². The molecule has 0 heterocycles. The number of nitrogens with zero attached hydrogens (tertiary/aromatic N) is 1. The van der Waals surface area contributed by atoms with Gasteiger partial charge in [0.25, 0.3) is 10.0 Å². The molecule has 0 fully saturated rings. The molecule has 4 nitrogen and oxygen atoms in total. The molecule has 0 spiro atoms. The summed E-state index contributed by atoms with van der Waals surface area (Å²) in [5, 5.41) is 0.682. The molecule has 0 atom stereocenters. The minimum absolute atomic E-state index is 0.0651. The Kier molecular flexibility index (Phi) is 6.15. The Bertz CT molecular complexity index is 820. The second-order valence-electron chi connectivity index (χ2n) is 4.82. The van der Waals surface area contributed by atoms with Gasteiger partial charge in [0.1, 0.15) is 5.75 Å². The molecule has 24 heavy (non-hydrogen) atoms. The van der Waals surface area contributed by atoms with Crippen molar-refractivity contribution in [3.8, 4) is 5.75 Å². The number of sulfonamides is 1. The number of rotatable bonds is 7. The monoisotopic (exact) mass is 385 g/mol. The molecule has 0 aliphatic carbocycles. The Hall–Kier alpha value is -1.69. The van der Waals surface area contributed by atoms with Crippen LogP contribution in [-0.4, -0.2) is 21.6 Å². The van der Waals surface area contributed by atoms with E-state index in [0.29, 0.717) is 23.1 Å². The summed E-state index contributed by atoms with van der Waals surface area (Å²) < 4.78 is 32.5. The van der Waals surface area contributed by atoms with E-state index in [0.717, 1.165) is 0 Å². The van der Waals surface area contributed by atoms with E-state index in [9.17, 15) is 8.42 Å². The maximum absolute atomic E-state index is 13.0. The molecule has 0 bridgehead atoms. The van der Waals surface area contributed by atoms with E-state index in [1.165, 1.54) is 28.6 Å². The van der Waals surface area contributed by atoms with Gasteiger partial charge in [0.05, 0.1) is 28.8 Å². The average Bonchev–Trinajstić information content (AvgIpc) is 2.56. The first kappa shape index (κ1) is 18.6. The van der Waals surface area contributed by atoms with Crippen molar-refractivity contribution in [3.05, 3.63) is 65.2 Å². The zero-order valence-electron chi connectivity index (χ0n) is 13.1. The zero-order valence-corrected chi connectivity index (χ0v) is 15.4. The summed E-state index contributed by atoms with van der Waals surface area (Å²) in [4.78, 5) is 0.129. The maximum atomic E-state index is 13.0. The second kappa shape index (κ2) is 7.92. The molecule has 0 aliphatic heterocycles. The molecule has 0 aromatic heterocycles. The van der Waals surface area contributed by atoms with Gasteiger partial charge in [-0.25, -0.2) is 8.42 Å². The number of hydrogen-bond donors (Lipinski definition) is 0. The Labute approximate surface area is 152 Å². The van der Waals surface area contributed by atoms with E-state index in [-0.39, 0.29) is 16.5 Å². The van der Waals surface area contributed by atoms with Crippen molar-refractivity contribution >= 4 is 38.9 Å². The van der Waals surface area contributed by atoms with E-state index in [4.69, 9.17) is 27.9 Å². The summed E-state index contributed by atoms with van der Waals surface area (Å²) in [6, 6.07) is 10.9. The van der Waals surface area contributed by atoms with Crippen LogP contribution in [0, 0.1) is 0 Å². The van der Waals surface area contributed by atoms with Gasteiger partial charge in [0, 0.05) is 5.02 Å². The van der Waals surface area contributed by atoms with Gasteiger partial charge in [-0.05, 0) is 49.4 Å². The van der Waals surface area contributed by atoms with Crippen molar-refractivity contribution in [2.75, 3.05) is 17.5 Å². The third kappa shape index (κ3) is 4.04. The molecule has 7 heteroatoms. The van der Waals surface area contributed by atoms with Gasteiger partial charge in [-0.2, -0.15) is 0 Å². The largest absolute Gasteiger partial charge is 0.494 e. The van der Waals surface area contributed by atoms with Crippen LogP contribution in [0.4, 0.5) is 5.69 Å². The molecular weight excluding hydrogens is 369 g/mol. The molecule has 0 saturated carbocycles. The first-order valence-corrected chi connectivity index (χ1v) is 9.41. The molecule has 0 N–H and O–H groups in total. The molecule has 0 radical (unpaired) electrons. The Morgan fingerprint density at radius 1 is 1.17 bits per heavy atom. The highest BCUT2D eigenvalue weighted by atomic mass is 35.5. The molecular formula is C17H17Cl2NO3S. The summed E-state index contributed by atoms with van der Waals surface area (Å²) >= 11 is 12.2. The SMILES string of the molecule is C=CCN(c1cc(Cl)ccc1Cl)S(=O)(=O)c1ccc(OCC)cc1. The molecule has 128 valence electrons. The van der Waals surface area contributed by atoms with Crippen LogP contribution in [0.2, 0.25) is 10.0 Å². The summed E-state index contributed by atoms with van der Waals surface area (Å²) in [6.07, 6.45) is 1.49. The molecule has 2 aromatic carbocycles. The Morgan fingerprint density at radius 2 is 1.83 bits per heavy atom. The molecule has 0 unspecified atom stereocenters. The van der Waals surface area contributed by atoms with Gasteiger partial charge >= 0.3 is 0 Å². The lowest BCUT2D eigenvalue weighted by Crippen LogP contribution is -2.31. The fraction of sp³-hybridized carbons (Fsp3) is 0.176. The van der Waals surface area contributed by atoms with Crippen LogP contribution in [-0.2, 0) is 10.0 Å². The summed E-state index contributed by atoms with van der Waals surface area (Å²) in [7, 11) is -3.82. The van der Waals surface area contributed by atoms with Gasteiger partial charge < -0.3 is 4.74 Å². The predicted molar refractivity (Wildman–Crippen MR) is 98.8 cm³/mol. The molecule has 2 aromatic rings. The average molecular weight is 386 g/mol.